The maximum absolute atomic E-state index is 5.25. The van der Waals surface area contributed by atoms with Crippen molar-refractivity contribution in [3.05, 3.63) is 48.0 Å². The largest absolute Gasteiger partial charge is 0.658 e. The van der Waals surface area contributed by atoms with E-state index in [1.165, 1.54) is 59.4 Å². The molecule has 0 atom stereocenters. The fourth-order valence-electron chi connectivity index (χ4n) is 5.23. The van der Waals surface area contributed by atoms with Gasteiger partial charge in [-0.1, -0.05) is 52.8 Å². The molecular weight excluding hydrogens is 768 g/mol. The monoisotopic (exact) mass is 831 g/mol. The molecule has 0 aromatic heterocycles. The van der Waals surface area contributed by atoms with Gasteiger partial charge in [0.2, 0.25) is 0 Å². The normalized spacial score (nSPS) is 22.0. The third-order valence-corrected chi connectivity index (χ3v) is 9.28. The van der Waals surface area contributed by atoms with Crippen LogP contribution in [-0.4, -0.2) is 116 Å². The highest BCUT2D eigenvalue weighted by Crippen LogP contribution is 2.36. The van der Waals surface area contributed by atoms with E-state index >= 15 is 0 Å². The van der Waals surface area contributed by atoms with Gasteiger partial charge < -0.3 is 65.2 Å². The van der Waals surface area contributed by atoms with Crippen molar-refractivity contribution in [2.75, 3.05) is 39.6 Å². The van der Waals surface area contributed by atoms with Crippen molar-refractivity contribution in [1.82, 2.24) is 0 Å². The first-order valence-electron chi connectivity index (χ1n) is 20.1. The molecule has 5 saturated heterocycles. The molecule has 2 aromatic carbocycles. The predicted octanol–water partition coefficient (Wildman–Crippen LogP) is 6.04. The van der Waals surface area contributed by atoms with Crippen LogP contribution in [0.25, 0.3) is 0 Å². The minimum atomic E-state index is -0.188. The molecule has 7 heterocycles. The van der Waals surface area contributed by atoms with Gasteiger partial charge in [0.25, 0.3) is 0 Å². The summed E-state index contributed by atoms with van der Waals surface area (Å²) in [6.07, 6.45) is 1.95. The summed E-state index contributed by atoms with van der Waals surface area (Å²) in [6.45, 7) is 31.7. The highest BCUT2D eigenvalue weighted by Gasteiger charge is 2.44. The summed E-state index contributed by atoms with van der Waals surface area (Å²) in [7, 11) is 9.71. The second-order valence-corrected chi connectivity index (χ2v) is 18.3. The molecule has 0 spiro atoms. The van der Waals surface area contributed by atoms with Crippen molar-refractivity contribution in [3.63, 3.8) is 0 Å². The maximum Gasteiger partial charge on any atom is 0.658 e. The third kappa shape index (κ3) is 19.8. The molecule has 2 aromatic rings. The molecule has 5 fully saturated rings. The minimum Gasteiger partial charge on any atom is -0.524 e. The average molecular weight is 831 g/mol. The van der Waals surface area contributed by atoms with E-state index in [0.717, 1.165) is 75.5 Å². The Hall–Kier alpha value is -2.31. The van der Waals surface area contributed by atoms with Crippen molar-refractivity contribution in [3.8, 4) is 23.0 Å². The highest BCUT2D eigenvalue weighted by atomic mass is 16.7. The lowest BCUT2D eigenvalue weighted by Gasteiger charge is -2.40. The van der Waals surface area contributed by atoms with Crippen LogP contribution >= 0.6 is 0 Å². The third-order valence-electron chi connectivity index (χ3n) is 9.28. The summed E-state index contributed by atoms with van der Waals surface area (Å²) in [5, 5.41) is 0. The molecule has 323 valence electrons. The lowest BCUT2D eigenvalue weighted by atomic mass is 9.87. The van der Waals surface area contributed by atoms with Crippen LogP contribution in [0, 0.1) is 5.41 Å². The first-order valence-corrected chi connectivity index (χ1v) is 20.1. The van der Waals surface area contributed by atoms with Gasteiger partial charge in [-0.3, -0.25) is 0 Å². The van der Waals surface area contributed by atoms with Crippen molar-refractivity contribution in [1.29, 1.82) is 0 Å². The molecular formula is C39H62B7O14. The summed E-state index contributed by atoms with van der Waals surface area (Å²) >= 11 is 0. The first kappa shape index (κ1) is 52.0. The van der Waals surface area contributed by atoms with E-state index in [-0.39, 0.29) is 33.2 Å². The SMILES string of the molecule is CC(C)(C)c1ccc2c(c1)O[B]O2.CC1(C)CC(C)(C)O[B]O1.CC1(C)CO[B]OC1.CC1(C)O[B]OC1(C)C.[B]1OCCCO1.[B]1OCCO1.[B]1Oc2ccccc2O1. The Morgan fingerprint density at radius 2 is 0.867 bits per heavy atom. The highest BCUT2D eigenvalue weighted by molar-refractivity contribution is 6.23. The van der Waals surface area contributed by atoms with Crippen LogP contribution in [0.4, 0.5) is 0 Å². The van der Waals surface area contributed by atoms with Crippen molar-refractivity contribution < 1.29 is 65.2 Å². The molecule has 7 radical (unpaired) electrons. The van der Waals surface area contributed by atoms with Crippen LogP contribution in [0.15, 0.2) is 42.5 Å². The van der Waals surface area contributed by atoms with E-state index in [2.05, 4.69) is 77.7 Å². The molecule has 0 amide bonds. The van der Waals surface area contributed by atoms with Gasteiger partial charge in [0.1, 0.15) is 23.0 Å². The van der Waals surface area contributed by atoms with Gasteiger partial charge in [-0.15, -0.1) is 0 Å². The lowest BCUT2D eigenvalue weighted by Crippen LogP contribution is -2.45. The van der Waals surface area contributed by atoms with Crippen LogP contribution in [0.3, 0.4) is 0 Å². The standard InChI is InChI=1S/C10H12BO2.C7H14BO2.C6H4BO2.C6H12BO2.C5H10BO2.C3H6BO2.C2H4BO2/c1-10(2,3)7-4-5-8-9(6-7)13-11-12-8;1-6(2)5-7(3,4)10-8-9-6;1-2-4-6-5(3-1)8-7-9-6;1-5(2)6(3,4)9-7-8-5;1-5(2)3-7-6-8-4-5;1-2-5-4-6-3-1;1-2-5-3-4-1/h4-6H,1-3H3;5H2,1-4H3;1-4H;1-4H3;3-4H2,1-2H3;1-3H2;1-2H2. The van der Waals surface area contributed by atoms with E-state index in [9.17, 15) is 0 Å². The number of benzene rings is 2. The van der Waals surface area contributed by atoms with Crippen LogP contribution in [0.2, 0.25) is 0 Å². The van der Waals surface area contributed by atoms with Crippen LogP contribution in [0.5, 0.6) is 23.0 Å². The smallest absolute Gasteiger partial charge is 0.524 e. The van der Waals surface area contributed by atoms with Gasteiger partial charge in [0, 0.05) is 38.3 Å². The summed E-state index contributed by atoms with van der Waals surface area (Å²) in [4.78, 5) is 0. The zero-order valence-corrected chi connectivity index (χ0v) is 38.0. The zero-order chi connectivity index (χ0) is 44.3. The Morgan fingerprint density at radius 3 is 1.18 bits per heavy atom. The molecule has 0 unspecified atom stereocenters. The lowest BCUT2D eigenvalue weighted by molar-refractivity contribution is -0.0637. The van der Waals surface area contributed by atoms with Crippen molar-refractivity contribution in [2.45, 2.75) is 131 Å². The van der Waals surface area contributed by atoms with Gasteiger partial charge in [0.15, 0.2) is 0 Å². The molecule has 7 aliphatic rings. The minimum absolute atomic E-state index is 0.0677. The second-order valence-electron chi connectivity index (χ2n) is 18.3. The number of rotatable bonds is 0. The number of fused-ring (bicyclic) bond motifs is 2. The van der Waals surface area contributed by atoms with Crippen molar-refractivity contribution >= 4 is 53.8 Å². The summed E-state index contributed by atoms with van der Waals surface area (Å²) in [5.41, 5.74) is 1.10. The molecule has 9 rings (SSSR count). The molecule has 0 aliphatic carbocycles. The molecule has 0 N–H and O–H groups in total. The quantitative estimate of drug-likeness (QED) is 0.286. The molecule has 60 heavy (non-hydrogen) atoms. The summed E-state index contributed by atoms with van der Waals surface area (Å²) in [6, 6.07) is 13.6. The topological polar surface area (TPSA) is 129 Å². The maximum atomic E-state index is 5.25. The number of hydrogen-bond acceptors (Lipinski definition) is 14. The Labute approximate surface area is 364 Å². The van der Waals surface area contributed by atoms with E-state index < -0.39 is 0 Å². The van der Waals surface area contributed by atoms with Gasteiger partial charge in [0.05, 0.1) is 35.6 Å². The Kier molecular flexibility index (Phi) is 21.3. The predicted molar refractivity (Wildman–Crippen MR) is 234 cm³/mol. The van der Waals surface area contributed by atoms with E-state index in [1.807, 2.05) is 64.1 Å². The van der Waals surface area contributed by atoms with Crippen LogP contribution in [0.1, 0.15) is 108 Å². The molecule has 0 bridgehead atoms. The molecule has 7 aliphatic heterocycles. The van der Waals surface area contributed by atoms with Crippen LogP contribution in [-0.2, 0) is 52.0 Å². The Morgan fingerprint density at radius 1 is 0.450 bits per heavy atom. The average Bonchev–Trinajstić information content (AvgIpc) is 4.02. The number of para-hydroxylation sites is 2. The fraction of sp³-hybridized carbons (Fsp3) is 0.692. The van der Waals surface area contributed by atoms with Gasteiger partial charge in [-0.25, -0.2) is 0 Å². The van der Waals surface area contributed by atoms with Gasteiger partial charge in [-0.2, -0.15) is 0 Å². The molecule has 21 heteroatoms. The van der Waals surface area contributed by atoms with Gasteiger partial charge in [-0.05, 0) is 97.1 Å². The van der Waals surface area contributed by atoms with E-state index in [1.54, 1.807) is 0 Å². The fourth-order valence-corrected chi connectivity index (χ4v) is 5.23. The number of hydrogen-bond donors (Lipinski definition) is 0. The van der Waals surface area contributed by atoms with Crippen molar-refractivity contribution in [2.24, 2.45) is 5.41 Å². The zero-order valence-electron chi connectivity index (χ0n) is 38.0. The summed E-state index contributed by atoms with van der Waals surface area (Å²) in [5.74, 6) is 3.19. The van der Waals surface area contributed by atoms with Crippen LogP contribution < -0.4 is 18.6 Å². The summed E-state index contributed by atoms with van der Waals surface area (Å²) < 4.78 is 69.6. The molecule has 0 saturated carbocycles. The second kappa shape index (κ2) is 24.5. The first-order chi connectivity index (χ1) is 28.1. The van der Waals surface area contributed by atoms with E-state index in [4.69, 9.17) is 55.9 Å². The van der Waals surface area contributed by atoms with E-state index in [0.29, 0.717) is 0 Å². The Balaban J connectivity index is 0.000000190. The Bertz CT molecular complexity index is 1440. The van der Waals surface area contributed by atoms with Gasteiger partial charge >= 0.3 is 53.8 Å². The molecule has 14 nitrogen and oxygen atoms in total.